The van der Waals surface area contributed by atoms with Crippen molar-refractivity contribution in [3.8, 4) is 0 Å². The molecule has 3 nitrogen and oxygen atoms in total. The zero-order chi connectivity index (χ0) is 21.6. The van der Waals surface area contributed by atoms with Gasteiger partial charge in [0.2, 0.25) is 11.8 Å². The molecule has 0 saturated heterocycles. The monoisotopic (exact) mass is 388 g/mol. The zero-order valence-corrected chi connectivity index (χ0v) is 18.3. The van der Waals surface area contributed by atoms with E-state index in [1.165, 1.54) is 16.7 Å². The van der Waals surface area contributed by atoms with Crippen molar-refractivity contribution in [2.24, 2.45) is 0 Å². The molecule has 0 amide bonds. The number of nitrogens with zero attached hydrogens (tertiary/aromatic N) is 2. The zero-order valence-electron chi connectivity index (χ0n) is 18.3. The van der Waals surface area contributed by atoms with Crippen LogP contribution in [0.2, 0.25) is 0 Å². The first kappa shape index (κ1) is 23.8. The lowest BCUT2D eigenvalue weighted by Crippen LogP contribution is -1.92. The van der Waals surface area contributed by atoms with Crippen molar-refractivity contribution in [3.63, 3.8) is 0 Å². The van der Waals surface area contributed by atoms with Crippen molar-refractivity contribution >= 4 is 17.2 Å². The third-order valence-electron chi connectivity index (χ3n) is 4.07. The highest BCUT2D eigenvalue weighted by molar-refractivity contribution is 5.71. The largest absolute Gasteiger partial charge is 0.417 e. The first-order valence-electron chi connectivity index (χ1n) is 9.94. The number of rotatable bonds is 4. The molecule has 1 aliphatic carbocycles. The van der Waals surface area contributed by atoms with Gasteiger partial charge < -0.3 is 4.42 Å². The Morgan fingerprint density at radius 1 is 1.07 bits per heavy atom. The third kappa shape index (κ3) is 7.04. The van der Waals surface area contributed by atoms with Gasteiger partial charge in [0.05, 0.1) is 0 Å². The molecule has 29 heavy (non-hydrogen) atoms. The van der Waals surface area contributed by atoms with E-state index in [4.69, 9.17) is 4.42 Å². The average Bonchev–Trinajstić information content (AvgIpc) is 3.16. The minimum absolute atomic E-state index is 0.557. The predicted octanol–water partition coefficient (Wildman–Crippen LogP) is 7.48. The fraction of sp³-hybridized carbons (Fsp3) is 0.231. The molecule has 3 heteroatoms. The molecule has 1 aromatic carbocycles. The van der Waals surface area contributed by atoms with Crippen LogP contribution in [0, 0.1) is 0 Å². The Morgan fingerprint density at radius 2 is 1.79 bits per heavy atom. The summed E-state index contributed by atoms with van der Waals surface area (Å²) in [5, 5.41) is 8.45. The Kier molecular flexibility index (Phi) is 10.7. The lowest BCUT2D eigenvalue weighted by atomic mass is 10.0. The van der Waals surface area contributed by atoms with Gasteiger partial charge in [-0.3, -0.25) is 0 Å². The molecule has 0 saturated carbocycles. The molecule has 0 spiro atoms. The van der Waals surface area contributed by atoms with Crippen molar-refractivity contribution in [1.82, 2.24) is 10.2 Å². The summed E-state index contributed by atoms with van der Waals surface area (Å²) >= 11 is 0. The van der Waals surface area contributed by atoms with Gasteiger partial charge in [-0.15, -0.1) is 23.4 Å². The minimum atomic E-state index is 0.557. The molecule has 1 aliphatic rings. The highest BCUT2D eigenvalue weighted by Gasteiger charge is 2.14. The first-order chi connectivity index (χ1) is 14.2. The highest BCUT2D eigenvalue weighted by atomic mass is 16.4. The molecule has 0 N–H and O–H groups in total. The van der Waals surface area contributed by atoms with E-state index in [0.717, 1.165) is 17.6 Å². The van der Waals surface area contributed by atoms with Crippen molar-refractivity contribution in [1.29, 1.82) is 0 Å². The topological polar surface area (TPSA) is 38.9 Å². The Hall–Kier alpha value is -3.20. The Morgan fingerprint density at radius 3 is 2.52 bits per heavy atom. The van der Waals surface area contributed by atoms with E-state index < -0.39 is 0 Å². The second-order valence-corrected chi connectivity index (χ2v) is 6.10. The van der Waals surface area contributed by atoms with Gasteiger partial charge in [0.15, 0.2) is 0 Å². The molecule has 3 rings (SSSR count). The van der Waals surface area contributed by atoms with Crippen molar-refractivity contribution < 1.29 is 4.42 Å². The van der Waals surface area contributed by atoms with Gasteiger partial charge in [0, 0.05) is 17.6 Å². The molecule has 0 bridgehead atoms. The van der Waals surface area contributed by atoms with E-state index in [1.54, 1.807) is 0 Å². The van der Waals surface area contributed by atoms with Crippen LogP contribution in [0.1, 0.15) is 57.5 Å². The summed E-state index contributed by atoms with van der Waals surface area (Å²) in [5.74, 6) is 1.14. The Labute approximate surface area is 175 Å². The summed E-state index contributed by atoms with van der Waals surface area (Å²) in [6.45, 7) is 16.0. The van der Waals surface area contributed by atoms with Gasteiger partial charge in [0.25, 0.3) is 0 Å². The minimum Gasteiger partial charge on any atom is -0.417 e. The van der Waals surface area contributed by atoms with Gasteiger partial charge in [0.1, 0.15) is 0 Å². The predicted molar refractivity (Wildman–Crippen MR) is 126 cm³/mol. The van der Waals surface area contributed by atoms with Gasteiger partial charge in [-0.05, 0) is 31.9 Å². The quantitative estimate of drug-likeness (QED) is 0.402. The molecule has 152 valence electrons. The second kappa shape index (κ2) is 13.1. The Bertz CT molecular complexity index is 924. The fourth-order valence-electron chi connectivity index (χ4n) is 2.70. The smallest absolute Gasteiger partial charge is 0.244 e. The van der Waals surface area contributed by atoms with Crippen LogP contribution in [0.3, 0.4) is 0 Å². The highest BCUT2D eigenvalue weighted by Crippen LogP contribution is 2.26. The van der Waals surface area contributed by atoms with Crippen LogP contribution in [0.25, 0.3) is 17.2 Å². The molecule has 0 aliphatic heterocycles. The fourth-order valence-corrected chi connectivity index (χ4v) is 2.70. The molecule has 2 aromatic rings. The summed E-state index contributed by atoms with van der Waals surface area (Å²) in [5.41, 5.74) is 5.66. The van der Waals surface area contributed by atoms with Crippen molar-refractivity contribution in [2.45, 2.75) is 41.0 Å². The molecular formula is C26H32N2O. The van der Waals surface area contributed by atoms with E-state index in [2.05, 4.69) is 66.7 Å². The number of hydrogen-bond acceptors (Lipinski definition) is 3. The maximum Gasteiger partial charge on any atom is 0.244 e. The summed E-state index contributed by atoms with van der Waals surface area (Å²) in [4.78, 5) is 0. The molecule has 0 radical (unpaired) electrons. The molecule has 0 fully saturated rings. The summed E-state index contributed by atoms with van der Waals surface area (Å²) in [6, 6.07) is 8.36. The molecule has 0 unspecified atom stereocenters. The summed E-state index contributed by atoms with van der Waals surface area (Å²) in [6.07, 6.45) is 15.1. The van der Waals surface area contributed by atoms with Crippen LogP contribution in [0.4, 0.5) is 0 Å². The van der Waals surface area contributed by atoms with Gasteiger partial charge in [-0.1, -0.05) is 86.2 Å². The van der Waals surface area contributed by atoms with Crippen molar-refractivity contribution in [2.75, 3.05) is 0 Å². The number of fused-ring (bicyclic) bond motifs is 1. The maximum absolute atomic E-state index is 5.91. The van der Waals surface area contributed by atoms with Crippen LogP contribution >= 0.6 is 0 Å². The van der Waals surface area contributed by atoms with Gasteiger partial charge in [-0.25, -0.2) is 0 Å². The summed E-state index contributed by atoms with van der Waals surface area (Å²) in [7, 11) is 0. The third-order valence-corrected chi connectivity index (χ3v) is 4.07. The molecule has 1 heterocycles. The van der Waals surface area contributed by atoms with E-state index in [9.17, 15) is 0 Å². The number of hydrogen-bond donors (Lipinski definition) is 0. The summed E-state index contributed by atoms with van der Waals surface area (Å²) < 4.78 is 5.91. The number of aromatic nitrogens is 2. The van der Waals surface area contributed by atoms with Crippen molar-refractivity contribution in [3.05, 3.63) is 102 Å². The number of allylic oxidation sites excluding steroid dienone is 9. The second-order valence-electron chi connectivity index (χ2n) is 6.10. The average molecular weight is 389 g/mol. The van der Waals surface area contributed by atoms with E-state index in [0.29, 0.717) is 11.8 Å². The SMILES string of the molecule is C=C.CC.CC=C/C(C)=C\C=C(/C)c1nnc(C2=CC=Cc3ccccc3C2)o1. The molecule has 1 aromatic heterocycles. The van der Waals surface area contributed by atoms with Crippen LogP contribution in [-0.2, 0) is 6.42 Å². The first-order valence-corrected chi connectivity index (χ1v) is 9.94. The van der Waals surface area contributed by atoms with E-state index in [-0.39, 0.29) is 0 Å². The van der Waals surface area contributed by atoms with Crippen LogP contribution in [-0.4, -0.2) is 10.2 Å². The molecular weight excluding hydrogens is 356 g/mol. The van der Waals surface area contributed by atoms with Crippen LogP contribution < -0.4 is 0 Å². The van der Waals surface area contributed by atoms with Gasteiger partial charge in [-0.2, -0.15) is 0 Å². The maximum atomic E-state index is 5.91. The van der Waals surface area contributed by atoms with E-state index in [1.807, 2.05) is 58.1 Å². The molecule has 0 atom stereocenters. The van der Waals surface area contributed by atoms with E-state index >= 15 is 0 Å². The lowest BCUT2D eigenvalue weighted by Gasteiger charge is -2.04. The van der Waals surface area contributed by atoms with Gasteiger partial charge >= 0.3 is 0 Å². The van der Waals surface area contributed by atoms with Crippen LogP contribution in [0.15, 0.2) is 83.9 Å². The Balaban J connectivity index is 0.000000989. The standard InChI is InChI=1S/C22H22N2O.C2H6.C2H4/c1-4-8-16(2)13-14-17(3)21-23-24-22(25-21)20-12-7-11-18-9-5-6-10-19(18)15-20;2*1-2/h4-14H,15H2,1-3H3;1-2H3;1-2H2/b8-4?,16-13-,17-14+;;. The van der Waals surface area contributed by atoms with Crippen LogP contribution in [0.5, 0.6) is 0 Å². The lowest BCUT2D eigenvalue weighted by molar-refractivity contribution is 0.522. The number of benzene rings is 1. The normalized spacial score (nSPS) is 13.5.